The molecule has 18 heavy (non-hydrogen) atoms. The van der Waals surface area contributed by atoms with Gasteiger partial charge in [0.2, 0.25) is 0 Å². The summed E-state index contributed by atoms with van der Waals surface area (Å²) in [5.41, 5.74) is 1.43. The Labute approximate surface area is 114 Å². The molecule has 0 aromatic heterocycles. The molecule has 0 aliphatic carbocycles. The number of fused-ring (bicyclic) bond motifs is 2. The molecular formula is C16H20ClN. The van der Waals surface area contributed by atoms with Gasteiger partial charge in [-0.1, -0.05) is 29.8 Å². The van der Waals surface area contributed by atoms with Gasteiger partial charge in [-0.05, 0) is 55.8 Å². The number of hydrogen-bond acceptors (Lipinski definition) is 1. The lowest BCUT2D eigenvalue weighted by molar-refractivity contribution is 0.124. The molecule has 0 amide bonds. The molecular weight excluding hydrogens is 242 g/mol. The highest BCUT2D eigenvalue weighted by Crippen LogP contribution is 2.46. The van der Waals surface area contributed by atoms with E-state index in [9.17, 15) is 0 Å². The molecule has 0 radical (unpaired) electrons. The predicted molar refractivity (Wildman–Crippen MR) is 77.1 cm³/mol. The zero-order chi connectivity index (χ0) is 12.7. The standard InChI is InChI=1S/C16H20ClN/c1-3-14-15(11-4-6-12(17)7-5-11)10-13-8-9-16(14)18(13)2/h3-7,13-16H,1,8-10H2,2H3/t13?,14-,15+,16?/m0/s1. The van der Waals surface area contributed by atoms with Crippen LogP contribution in [0.15, 0.2) is 36.9 Å². The summed E-state index contributed by atoms with van der Waals surface area (Å²) in [4.78, 5) is 2.57. The molecule has 96 valence electrons. The number of rotatable bonds is 2. The van der Waals surface area contributed by atoms with Gasteiger partial charge in [-0.3, -0.25) is 4.90 Å². The molecule has 0 saturated carbocycles. The van der Waals surface area contributed by atoms with Crippen molar-refractivity contribution in [3.63, 3.8) is 0 Å². The van der Waals surface area contributed by atoms with Crippen molar-refractivity contribution >= 4 is 11.6 Å². The molecule has 0 spiro atoms. The van der Waals surface area contributed by atoms with Crippen LogP contribution in [0.1, 0.15) is 30.7 Å². The summed E-state index contributed by atoms with van der Waals surface area (Å²) < 4.78 is 0. The summed E-state index contributed by atoms with van der Waals surface area (Å²) in [7, 11) is 2.27. The second kappa shape index (κ2) is 4.71. The first kappa shape index (κ1) is 12.3. The maximum Gasteiger partial charge on any atom is 0.0406 e. The van der Waals surface area contributed by atoms with Crippen LogP contribution in [-0.4, -0.2) is 24.0 Å². The molecule has 2 fully saturated rings. The van der Waals surface area contributed by atoms with Crippen molar-refractivity contribution in [2.75, 3.05) is 7.05 Å². The minimum atomic E-state index is 0.579. The predicted octanol–water partition coefficient (Wildman–Crippen LogP) is 4.09. The topological polar surface area (TPSA) is 3.24 Å². The highest BCUT2D eigenvalue weighted by atomic mass is 35.5. The number of benzene rings is 1. The molecule has 4 atom stereocenters. The van der Waals surface area contributed by atoms with Crippen LogP contribution >= 0.6 is 11.6 Å². The van der Waals surface area contributed by atoms with Gasteiger partial charge in [0.1, 0.15) is 0 Å². The summed E-state index contributed by atoms with van der Waals surface area (Å²) in [6, 6.07) is 9.84. The van der Waals surface area contributed by atoms with Crippen LogP contribution in [0, 0.1) is 5.92 Å². The first-order valence-corrected chi connectivity index (χ1v) is 7.18. The average Bonchev–Trinajstić information content (AvgIpc) is 2.63. The molecule has 2 aliphatic heterocycles. The SMILES string of the molecule is C=C[C@@H]1C2CCC(C[C@@H]1c1ccc(Cl)cc1)N2C. The quantitative estimate of drug-likeness (QED) is 0.725. The largest absolute Gasteiger partial charge is 0.300 e. The Morgan fingerprint density at radius 2 is 2.00 bits per heavy atom. The van der Waals surface area contributed by atoms with Crippen LogP contribution in [0.3, 0.4) is 0 Å². The lowest BCUT2D eigenvalue weighted by atomic mass is 9.76. The van der Waals surface area contributed by atoms with E-state index in [0.717, 1.165) is 11.1 Å². The minimum Gasteiger partial charge on any atom is -0.300 e. The van der Waals surface area contributed by atoms with E-state index in [1.54, 1.807) is 0 Å². The fraction of sp³-hybridized carbons (Fsp3) is 0.500. The van der Waals surface area contributed by atoms with Crippen LogP contribution < -0.4 is 0 Å². The number of piperidine rings is 1. The van der Waals surface area contributed by atoms with Crippen molar-refractivity contribution in [2.24, 2.45) is 5.92 Å². The van der Waals surface area contributed by atoms with E-state index in [-0.39, 0.29) is 0 Å². The van der Waals surface area contributed by atoms with Crippen LogP contribution in [0.25, 0.3) is 0 Å². The van der Waals surface area contributed by atoms with E-state index in [4.69, 9.17) is 11.6 Å². The van der Waals surface area contributed by atoms with Crippen molar-refractivity contribution < 1.29 is 0 Å². The zero-order valence-corrected chi connectivity index (χ0v) is 11.6. The van der Waals surface area contributed by atoms with E-state index >= 15 is 0 Å². The van der Waals surface area contributed by atoms with Crippen LogP contribution in [0.4, 0.5) is 0 Å². The highest BCUT2D eigenvalue weighted by molar-refractivity contribution is 6.30. The van der Waals surface area contributed by atoms with Crippen molar-refractivity contribution in [1.82, 2.24) is 4.90 Å². The van der Waals surface area contributed by atoms with Gasteiger partial charge in [0, 0.05) is 17.1 Å². The van der Waals surface area contributed by atoms with Crippen LogP contribution in [0.2, 0.25) is 5.02 Å². The molecule has 3 rings (SSSR count). The fourth-order valence-electron chi connectivity index (χ4n) is 3.90. The van der Waals surface area contributed by atoms with Gasteiger partial charge in [-0.15, -0.1) is 6.58 Å². The Bertz CT molecular complexity index is 439. The van der Waals surface area contributed by atoms with E-state index < -0.39 is 0 Å². The Kier molecular flexibility index (Phi) is 3.21. The smallest absolute Gasteiger partial charge is 0.0406 e. The number of nitrogens with zero attached hydrogens (tertiary/aromatic N) is 1. The van der Waals surface area contributed by atoms with Crippen LogP contribution in [-0.2, 0) is 0 Å². The third kappa shape index (κ3) is 1.90. The average molecular weight is 262 g/mol. The third-order valence-electron chi connectivity index (χ3n) is 4.90. The third-order valence-corrected chi connectivity index (χ3v) is 5.15. The lowest BCUT2D eigenvalue weighted by Gasteiger charge is -2.42. The molecule has 2 heterocycles. The van der Waals surface area contributed by atoms with Crippen molar-refractivity contribution in [2.45, 2.75) is 37.3 Å². The molecule has 1 nitrogen and oxygen atoms in total. The monoisotopic (exact) mass is 261 g/mol. The normalized spacial score (nSPS) is 35.7. The van der Waals surface area contributed by atoms with Crippen molar-refractivity contribution in [3.8, 4) is 0 Å². The van der Waals surface area contributed by atoms with E-state index in [1.165, 1.54) is 24.8 Å². The zero-order valence-electron chi connectivity index (χ0n) is 10.8. The molecule has 2 heteroatoms. The molecule has 2 aliphatic rings. The summed E-state index contributed by atoms with van der Waals surface area (Å²) >= 11 is 5.99. The minimum absolute atomic E-state index is 0.579. The lowest BCUT2D eigenvalue weighted by Crippen LogP contribution is -2.44. The Balaban J connectivity index is 1.92. The molecule has 2 saturated heterocycles. The summed E-state index contributed by atoms with van der Waals surface area (Å²) in [5.74, 6) is 1.20. The fourth-order valence-corrected chi connectivity index (χ4v) is 4.02. The van der Waals surface area contributed by atoms with Gasteiger partial charge >= 0.3 is 0 Å². The first-order valence-electron chi connectivity index (χ1n) is 6.80. The Morgan fingerprint density at radius 1 is 1.28 bits per heavy atom. The summed E-state index contributed by atoms with van der Waals surface area (Å²) in [6.07, 6.45) is 6.09. The van der Waals surface area contributed by atoms with Crippen molar-refractivity contribution in [3.05, 3.63) is 47.5 Å². The molecule has 1 aromatic rings. The second-order valence-electron chi connectivity index (χ2n) is 5.67. The second-order valence-corrected chi connectivity index (χ2v) is 6.11. The van der Waals surface area contributed by atoms with Gasteiger partial charge in [0.15, 0.2) is 0 Å². The van der Waals surface area contributed by atoms with Crippen LogP contribution in [0.5, 0.6) is 0 Å². The van der Waals surface area contributed by atoms with E-state index in [2.05, 4.69) is 36.7 Å². The Hall–Kier alpha value is -0.790. The summed E-state index contributed by atoms with van der Waals surface area (Å²) in [5, 5.41) is 0.824. The van der Waals surface area contributed by atoms with Gasteiger partial charge in [-0.25, -0.2) is 0 Å². The van der Waals surface area contributed by atoms with Gasteiger partial charge in [0.05, 0.1) is 0 Å². The molecule has 1 aromatic carbocycles. The highest BCUT2D eigenvalue weighted by Gasteiger charge is 2.44. The van der Waals surface area contributed by atoms with Gasteiger partial charge in [0.25, 0.3) is 0 Å². The molecule has 2 bridgehead atoms. The maximum atomic E-state index is 5.99. The summed E-state index contributed by atoms with van der Waals surface area (Å²) in [6.45, 7) is 4.08. The van der Waals surface area contributed by atoms with E-state index in [1.807, 2.05) is 12.1 Å². The number of halogens is 1. The maximum absolute atomic E-state index is 5.99. The van der Waals surface area contributed by atoms with E-state index in [0.29, 0.717) is 17.9 Å². The van der Waals surface area contributed by atoms with Crippen molar-refractivity contribution in [1.29, 1.82) is 0 Å². The van der Waals surface area contributed by atoms with Gasteiger partial charge in [-0.2, -0.15) is 0 Å². The van der Waals surface area contributed by atoms with Gasteiger partial charge < -0.3 is 0 Å². The molecule has 2 unspecified atom stereocenters. The molecule has 0 N–H and O–H groups in total. The first-order chi connectivity index (χ1) is 8.70. The number of hydrogen-bond donors (Lipinski definition) is 0. The Morgan fingerprint density at radius 3 is 2.67 bits per heavy atom.